The topological polar surface area (TPSA) is 52.7 Å². The Balaban J connectivity index is 2.27. The predicted molar refractivity (Wildman–Crippen MR) is 78.2 cm³/mol. The molecular formula is C15H16N4O. The van der Waals surface area contributed by atoms with Crippen LogP contribution in [0.2, 0.25) is 0 Å². The molecular weight excluding hydrogens is 252 g/mol. The summed E-state index contributed by atoms with van der Waals surface area (Å²) >= 11 is 0. The normalized spacial score (nSPS) is 11.1. The zero-order valence-electron chi connectivity index (χ0n) is 11.6. The lowest BCUT2D eigenvalue weighted by molar-refractivity contribution is 0.624. The van der Waals surface area contributed by atoms with E-state index in [0.29, 0.717) is 17.6 Å². The van der Waals surface area contributed by atoms with Crippen LogP contribution in [0, 0.1) is 6.92 Å². The summed E-state index contributed by atoms with van der Waals surface area (Å²) in [5, 5.41) is 4.87. The maximum atomic E-state index is 12.5. The highest BCUT2D eigenvalue weighted by molar-refractivity contribution is 5.75. The number of nitrogens with zero attached hydrogens (tertiary/aromatic N) is 4. The van der Waals surface area contributed by atoms with Crippen molar-refractivity contribution in [3.8, 4) is 5.69 Å². The zero-order chi connectivity index (χ0) is 14.1. The van der Waals surface area contributed by atoms with Gasteiger partial charge in [-0.3, -0.25) is 9.36 Å². The number of para-hydroxylation sites is 1. The molecule has 20 heavy (non-hydrogen) atoms. The van der Waals surface area contributed by atoms with Gasteiger partial charge in [-0.2, -0.15) is 5.10 Å². The van der Waals surface area contributed by atoms with Gasteiger partial charge >= 0.3 is 0 Å². The average molecular weight is 268 g/mol. The molecule has 0 aliphatic rings. The van der Waals surface area contributed by atoms with Crippen LogP contribution < -0.4 is 5.56 Å². The van der Waals surface area contributed by atoms with Crippen molar-refractivity contribution in [3.63, 3.8) is 0 Å². The summed E-state index contributed by atoms with van der Waals surface area (Å²) in [4.78, 5) is 17.0. The van der Waals surface area contributed by atoms with Crippen molar-refractivity contribution >= 4 is 11.0 Å². The van der Waals surface area contributed by atoms with Crippen molar-refractivity contribution in [2.75, 3.05) is 0 Å². The highest BCUT2D eigenvalue weighted by Crippen LogP contribution is 2.14. The van der Waals surface area contributed by atoms with E-state index in [1.807, 2.05) is 44.2 Å². The fourth-order valence-electron chi connectivity index (χ4n) is 2.35. The van der Waals surface area contributed by atoms with Crippen LogP contribution in [0.5, 0.6) is 0 Å². The molecule has 0 aliphatic heterocycles. The van der Waals surface area contributed by atoms with Gasteiger partial charge in [-0.25, -0.2) is 9.67 Å². The molecule has 3 rings (SSSR count). The molecule has 0 bridgehead atoms. The molecule has 0 radical (unpaired) electrons. The minimum atomic E-state index is -0.0171. The first kappa shape index (κ1) is 12.6. The van der Waals surface area contributed by atoms with Crippen molar-refractivity contribution in [3.05, 3.63) is 52.7 Å². The number of benzene rings is 1. The highest BCUT2D eigenvalue weighted by atomic mass is 16.1. The van der Waals surface area contributed by atoms with E-state index in [9.17, 15) is 4.79 Å². The number of aryl methyl sites for hydroxylation is 1. The van der Waals surface area contributed by atoms with Gasteiger partial charge in [0.05, 0.1) is 11.9 Å². The molecule has 0 saturated carbocycles. The molecule has 0 unspecified atom stereocenters. The van der Waals surface area contributed by atoms with E-state index < -0.39 is 0 Å². The molecule has 0 fully saturated rings. The van der Waals surface area contributed by atoms with Gasteiger partial charge < -0.3 is 0 Å². The maximum Gasteiger partial charge on any atom is 0.264 e. The summed E-state index contributed by atoms with van der Waals surface area (Å²) in [5.41, 5.74) is 1.50. The third-order valence-electron chi connectivity index (χ3n) is 3.33. The Labute approximate surface area is 116 Å². The smallest absolute Gasteiger partial charge is 0.264 e. The van der Waals surface area contributed by atoms with Gasteiger partial charge in [-0.15, -0.1) is 0 Å². The van der Waals surface area contributed by atoms with E-state index in [1.165, 1.54) is 0 Å². The summed E-state index contributed by atoms with van der Waals surface area (Å²) in [7, 11) is 0. The molecule has 0 spiro atoms. The predicted octanol–water partition coefficient (Wildman–Crippen LogP) is 2.30. The molecule has 102 valence electrons. The molecule has 5 nitrogen and oxygen atoms in total. The Morgan fingerprint density at radius 3 is 2.65 bits per heavy atom. The number of rotatable bonds is 3. The van der Waals surface area contributed by atoms with E-state index >= 15 is 0 Å². The third kappa shape index (κ3) is 1.91. The Morgan fingerprint density at radius 1 is 1.20 bits per heavy atom. The van der Waals surface area contributed by atoms with Crippen molar-refractivity contribution in [2.24, 2.45) is 0 Å². The van der Waals surface area contributed by atoms with Gasteiger partial charge in [0.15, 0.2) is 5.65 Å². The lowest BCUT2D eigenvalue weighted by Gasteiger charge is -2.08. The standard InChI is InChI=1S/C15H16N4O/c1-3-9-18-11(2)17-14-13(15(18)20)10-16-19(14)12-7-5-4-6-8-12/h4-8,10H,3,9H2,1-2H3. The fraction of sp³-hybridized carbons (Fsp3) is 0.267. The van der Waals surface area contributed by atoms with Crippen LogP contribution in [-0.4, -0.2) is 19.3 Å². The lowest BCUT2D eigenvalue weighted by atomic mass is 10.3. The third-order valence-corrected chi connectivity index (χ3v) is 3.33. The zero-order valence-corrected chi connectivity index (χ0v) is 11.6. The average Bonchev–Trinajstić information content (AvgIpc) is 2.88. The molecule has 3 aromatic rings. The molecule has 2 aromatic heterocycles. The van der Waals surface area contributed by atoms with E-state index in [2.05, 4.69) is 10.1 Å². The molecule has 0 aliphatic carbocycles. The first-order chi connectivity index (χ1) is 9.72. The van der Waals surface area contributed by atoms with Crippen LogP contribution in [0.3, 0.4) is 0 Å². The number of hydrogen-bond donors (Lipinski definition) is 0. The molecule has 1 aromatic carbocycles. The summed E-state index contributed by atoms with van der Waals surface area (Å²) in [6.07, 6.45) is 2.50. The van der Waals surface area contributed by atoms with Crippen molar-refractivity contribution in [1.82, 2.24) is 19.3 Å². The summed E-state index contributed by atoms with van der Waals surface area (Å²) in [6, 6.07) is 9.71. The molecule has 0 N–H and O–H groups in total. The van der Waals surface area contributed by atoms with Crippen LogP contribution in [-0.2, 0) is 6.54 Å². The van der Waals surface area contributed by atoms with Crippen molar-refractivity contribution in [1.29, 1.82) is 0 Å². The SMILES string of the molecule is CCCn1c(C)nc2c(cnn2-c2ccccc2)c1=O. The summed E-state index contributed by atoms with van der Waals surface area (Å²) in [6.45, 7) is 4.59. The van der Waals surface area contributed by atoms with E-state index in [0.717, 1.165) is 17.9 Å². The van der Waals surface area contributed by atoms with Gasteiger partial charge in [0.2, 0.25) is 0 Å². The molecule has 5 heteroatoms. The maximum absolute atomic E-state index is 12.5. The van der Waals surface area contributed by atoms with Gasteiger partial charge in [-0.05, 0) is 25.5 Å². The summed E-state index contributed by atoms with van der Waals surface area (Å²) < 4.78 is 3.42. The monoisotopic (exact) mass is 268 g/mol. The van der Waals surface area contributed by atoms with Crippen LogP contribution in [0.15, 0.2) is 41.3 Å². The first-order valence-electron chi connectivity index (χ1n) is 6.73. The van der Waals surface area contributed by atoms with Crippen LogP contribution in [0.1, 0.15) is 19.2 Å². The quantitative estimate of drug-likeness (QED) is 0.732. The van der Waals surface area contributed by atoms with Crippen molar-refractivity contribution in [2.45, 2.75) is 26.8 Å². The molecule has 2 heterocycles. The lowest BCUT2D eigenvalue weighted by Crippen LogP contribution is -2.23. The Morgan fingerprint density at radius 2 is 1.95 bits per heavy atom. The van der Waals surface area contributed by atoms with Gasteiger partial charge in [0.25, 0.3) is 5.56 Å². The second kappa shape index (κ2) is 4.92. The van der Waals surface area contributed by atoms with Gasteiger partial charge in [0.1, 0.15) is 11.2 Å². The first-order valence-corrected chi connectivity index (χ1v) is 6.73. The largest absolute Gasteiger partial charge is 0.296 e. The minimum Gasteiger partial charge on any atom is -0.296 e. The summed E-state index contributed by atoms with van der Waals surface area (Å²) in [5.74, 6) is 0.724. The van der Waals surface area contributed by atoms with Crippen LogP contribution in [0.4, 0.5) is 0 Å². The second-order valence-corrected chi connectivity index (χ2v) is 4.75. The Kier molecular flexibility index (Phi) is 3.10. The van der Waals surface area contributed by atoms with Crippen LogP contribution >= 0.6 is 0 Å². The molecule has 0 atom stereocenters. The van der Waals surface area contributed by atoms with Gasteiger partial charge in [-0.1, -0.05) is 25.1 Å². The molecule has 0 amide bonds. The molecule has 0 saturated heterocycles. The van der Waals surface area contributed by atoms with Crippen molar-refractivity contribution < 1.29 is 0 Å². The van der Waals surface area contributed by atoms with Gasteiger partial charge in [0, 0.05) is 6.54 Å². The number of aromatic nitrogens is 4. The Hall–Kier alpha value is -2.43. The minimum absolute atomic E-state index is 0.0171. The van der Waals surface area contributed by atoms with E-state index in [1.54, 1.807) is 15.4 Å². The Bertz CT molecular complexity index is 802. The van der Waals surface area contributed by atoms with E-state index in [-0.39, 0.29) is 5.56 Å². The number of fused-ring (bicyclic) bond motifs is 1. The van der Waals surface area contributed by atoms with E-state index in [4.69, 9.17) is 0 Å². The van der Waals surface area contributed by atoms with Crippen LogP contribution in [0.25, 0.3) is 16.7 Å². The highest BCUT2D eigenvalue weighted by Gasteiger charge is 2.13. The second-order valence-electron chi connectivity index (χ2n) is 4.75. The number of hydrogen-bond acceptors (Lipinski definition) is 3. The fourth-order valence-corrected chi connectivity index (χ4v) is 2.35.